The maximum absolute atomic E-state index is 13.2. The highest BCUT2D eigenvalue weighted by Crippen LogP contribution is 2.45. The highest BCUT2D eigenvalue weighted by molar-refractivity contribution is 6.74. The average Bonchev–Trinajstić information content (AvgIpc) is 3.72. The van der Waals surface area contributed by atoms with Gasteiger partial charge in [0.1, 0.15) is 35.4 Å². The summed E-state index contributed by atoms with van der Waals surface area (Å²) in [5, 5.41) is 14.7. The van der Waals surface area contributed by atoms with Gasteiger partial charge < -0.3 is 28.5 Å². The molecule has 292 valence electrons. The van der Waals surface area contributed by atoms with Crippen LogP contribution < -0.4 is 20.3 Å². The van der Waals surface area contributed by atoms with Crippen LogP contribution in [0.15, 0.2) is 90.0 Å². The Kier molecular flexibility index (Phi) is 11.4. The van der Waals surface area contributed by atoms with Crippen molar-refractivity contribution in [2.75, 3.05) is 26.1 Å². The Morgan fingerprint density at radius 2 is 1.51 bits per heavy atom. The Hall–Kier alpha value is -4.86. The molecule has 0 saturated carbocycles. The highest BCUT2D eigenvalue weighted by atomic mass is 28.4. The number of H-pyrrole nitrogens is 1. The maximum atomic E-state index is 13.2. The third-order valence-corrected chi connectivity index (χ3v) is 15.1. The zero-order valence-electron chi connectivity index (χ0n) is 32.8. The van der Waals surface area contributed by atoms with Gasteiger partial charge >= 0.3 is 0 Å². The van der Waals surface area contributed by atoms with Gasteiger partial charge in [-0.05, 0) is 59.1 Å². The second-order valence-corrected chi connectivity index (χ2v) is 20.4. The molecule has 3 aromatic carbocycles. The number of nitrogens with zero attached hydrogens (tertiary/aromatic N) is 3. The van der Waals surface area contributed by atoms with Crippen LogP contribution in [0.25, 0.3) is 11.2 Å². The number of fused-ring (bicyclic) bond motifs is 1. The Morgan fingerprint density at radius 1 is 0.945 bits per heavy atom. The average molecular weight is 770 g/mol. The molecule has 1 unspecified atom stereocenters. The molecule has 55 heavy (non-hydrogen) atoms. The Bertz CT molecular complexity index is 2100. The molecule has 1 saturated heterocycles. The van der Waals surface area contributed by atoms with Crippen LogP contribution in [0.3, 0.4) is 0 Å². The Morgan fingerprint density at radius 3 is 2.04 bits per heavy atom. The topological polar surface area (TPSA) is 159 Å². The monoisotopic (exact) mass is 769 g/mol. The van der Waals surface area contributed by atoms with Crippen molar-refractivity contribution in [1.82, 2.24) is 19.5 Å². The predicted octanol–water partition coefficient (Wildman–Crippen LogP) is 6.39. The number of anilines is 1. The van der Waals surface area contributed by atoms with Crippen molar-refractivity contribution >= 4 is 31.3 Å². The number of amides is 1. The minimum atomic E-state index is -2.54. The molecular weight excluding hydrogens is 719 g/mol. The van der Waals surface area contributed by atoms with E-state index < -0.39 is 44.0 Å². The number of hydrogen-bond donors (Lipinski definition) is 3. The van der Waals surface area contributed by atoms with E-state index in [1.807, 2.05) is 78.9 Å². The van der Waals surface area contributed by atoms with Gasteiger partial charge in [0, 0.05) is 5.92 Å². The fraction of sp³-hybridized carbons (Fsp3) is 0.415. The molecule has 3 heterocycles. The molecule has 1 amide bonds. The summed E-state index contributed by atoms with van der Waals surface area (Å²) in [7, 11) is 0.701. The maximum Gasteiger partial charge on any atom is 0.280 e. The number of rotatable bonds is 13. The van der Waals surface area contributed by atoms with E-state index in [1.54, 1.807) is 32.6 Å². The summed E-state index contributed by atoms with van der Waals surface area (Å²) in [5.74, 6) is 0.699. The molecule has 0 spiro atoms. The molecule has 0 radical (unpaired) electrons. The van der Waals surface area contributed by atoms with Gasteiger partial charge in [-0.15, -0.1) is 0 Å². The Balaban J connectivity index is 1.44. The van der Waals surface area contributed by atoms with Crippen molar-refractivity contribution in [1.29, 1.82) is 0 Å². The summed E-state index contributed by atoms with van der Waals surface area (Å²) >= 11 is 0. The lowest BCUT2D eigenvalue weighted by Gasteiger charge is -2.40. The van der Waals surface area contributed by atoms with Gasteiger partial charge in [0.2, 0.25) is 11.9 Å². The minimum absolute atomic E-state index is 0.0233. The first-order valence-corrected chi connectivity index (χ1v) is 21.3. The summed E-state index contributed by atoms with van der Waals surface area (Å²) < 4.78 is 33.4. The number of aromatic amines is 1. The summed E-state index contributed by atoms with van der Waals surface area (Å²) in [4.78, 5) is 37.3. The highest BCUT2D eigenvalue weighted by Gasteiger charge is 2.52. The number of carbonyl (C=O) groups excluding carboxylic acids is 1. The van der Waals surface area contributed by atoms with Crippen LogP contribution in [-0.2, 0) is 24.3 Å². The summed E-state index contributed by atoms with van der Waals surface area (Å²) in [6.07, 6.45) is -2.47. The molecule has 14 heteroatoms. The first-order chi connectivity index (χ1) is 26.1. The van der Waals surface area contributed by atoms with Gasteiger partial charge in [-0.1, -0.05) is 89.2 Å². The van der Waals surface area contributed by atoms with Crippen molar-refractivity contribution in [3.63, 3.8) is 0 Å². The van der Waals surface area contributed by atoms with E-state index in [0.717, 1.165) is 16.7 Å². The molecular formula is C41H51N5O8Si. The third-order valence-electron chi connectivity index (χ3n) is 10.7. The number of carbonyl (C=O) groups is 1. The smallest absolute Gasteiger partial charge is 0.280 e. The lowest BCUT2D eigenvalue weighted by molar-refractivity contribution is -0.118. The second-order valence-electron chi connectivity index (χ2n) is 15.6. The van der Waals surface area contributed by atoms with Crippen molar-refractivity contribution in [2.45, 2.75) is 82.9 Å². The summed E-state index contributed by atoms with van der Waals surface area (Å²) in [6, 6.07) is 25.3. The zero-order chi connectivity index (χ0) is 39.7. The number of aliphatic hydroxyl groups excluding tert-OH is 1. The Labute approximate surface area is 322 Å². The van der Waals surface area contributed by atoms with Crippen molar-refractivity contribution < 1.29 is 33.3 Å². The molecule has 1 fully saturated rings. The van der Waals surface area contributed by atoms with Gasteiger partial charge in [-0.3, -0.25) is 24.5 Å². The van der Waals surface area contributed by atoms with Crippen molar-refractivity contribution in [3.05, 3.63) is 112 Å². The quantitative estimate of drug-likeness (QED) is 0.0906. The first-order valence-electron chi connectivity index (χ1n) is 18.4. The number of aromatic nitrogens is 4. The number of benzene rings is 3. The second kappa shape index (κ2) is 15.7. The van der Waals surface area contributed by atoms with Crippen LogP contribution in [0.2, 0.25) is 18.1 Å². The molecule has 0 aliphatic carbocycles. The van der Waals surface area contributed by atoms with Gasteiger partial charge in [0.25, 0.3) is 5.56 Å². The largest absolute Gasteiger partial charge is 0.497 e. The molecule has 1 aliphatic heterocycles. The number of imidazole rings is 1. The predicted molar refractivity (Wildman–Crippen MR) is 212 cm³/mol. The van der Waals surface area contributed by atoms with Crippen LogP contribution in [0.5, 0.6) is 11.5 Å². The SMILES string of the molecule is COc1ccc(C(OC[C@H]2O[C@@H](n3cnc4c(=O)[nH]c(NC(=O)C(C)C)nc43)[C@@H](O[Si](C)(C)C(C)(C)C)C2O)(c2ccccc2)c2ccc(OC)cc2)cc1. The van der Waals surface area contributed by atoms with Crippen LogP contribution in [-0.4, -0.2) is 78.0 Å². The first kappa shape index (κ1) is 39.8. The molecule has 1 aliphatic rings. The molecule has 5 aromatic rings. The number of aliphatic hydroxyl groups is 1. The fourth-order valence-electron chi connectivity index (χ4n) is 6.44. The van der Waals surface area contributed by atoms with Crippen LogP contribution in [0.4, 0.5) is 5.95 Å². The fourth-order valence-corrected chi connectivity index (χ4v) is 7.73. The van der Waals surface area contributed by atoms with Gasteiger partial charge in [-0.25, -0.2) is 4.98 Å². The normalized spacial score (nSPS) is 19.2. The molecule has 4 atom stereocenters. The standard InChI is InChI=1S/C41H51N5O8Si/c1-25(2)36(48)44-39-43-35-32(37(49)45-39)42-24-46(35)38-34(54-55(8,9)40(3,4)5)33(47)31(53-38)23-52-41(26-13-11-10-12-14-26,27-15-19-29(50-6)20-16-27)28-17-21-30(51-7)22-18-28/h10-22,24-25,31,33-34,38,47H,23H2,1-9H3,(H2,43,44,45,48,49)/t31-,33?,34+,38-/m1/s1. The van der Waals surface area contributed by atoms with E-state index in [0.29, 0.717) is 11.5 Å². The lowest BCUT2D eigenvalue weighted by atomic mass is 9.80. The zero-order valence-corrected chi connectivity index (χ0v) is 33.8. The summed E-state index contributed by atoms with van der Waals surface area (Å²) in [5.41, 5.74) is 1.01. The van der Waals surface area contributed by atoms with Crippen LogP contribution >= 0.6 is 0 Å². The molecule has 0 bridgehead atoms. The van der Waals surface area contributed by atoms with Crippen LogP contribution in [0.1, 0.15) is 57.5 Å². The van der Waals surface area contributed by atoms with E-state index in [-0.39, 0.29) is 40.6 Å². The molecule has 2 aromatic heterocycles. The number of nitrogens with one attached hydrogen (secondary N) is 2. The number of ether oxygens (including phenoxy) is 4. The number of hydrogen-bond acceptors (Lipinski definition) is 10. The van der Waals surface area contributed by atoms with E-state index in [2.05, 4.69) is 54.1 Å². The third kappa shape index (κ3) is 7.82. The van der Waals surface area contributed by atoms with E-state index in [4.69, 9.17) is 23.4 Å². The number of methoxy groups -OCH3 is 2. The molecule has 13 nitrogen and oxygen atoms in total. The molecule has 3 N–H and O–H groups in total. The van der Waals surface area contributed by atoms with Gasteiger partial charge in [0.15, 0.2) is 25.7 Å². The van der Waals surface area contributed by atoms with Crippen molar-refractivity contribution in [3.8, 4) is 11.5 Å². The lowest BCUT2D eigenvalue weighted by Crippen LogP contribution is -2.49. The molecule has 6 rings (SSSR count). The van der Waals surface area contributed by atoms with Gasteiger partial charge in [0.05, 0.1) is 27.2 Å². The van der Waals surface area contributed by atoms with E-state index in [1.165, 1.54) is 6.33 Å². The summed E-state index contributed by atoms with van der Waals surface area (Å²) in [6.45, 7) is 14.0. The van der Waals surface area contributed by atoms with Crippen LogP contribution in [0, 0.1) is 5.92 Å². The van der Waals surface area contributed by atoms with Gasteiger partial charge in [-0.2, -0.15) is 4.98 Å². The van der Waals surface area contributed by atoms with E-state index >= 15 is 0 Å². The van der Waals surface area contributed by atoms with E-state index in [9.17, 15) is 14.7 Å². The van der Waals surface area contributed by atoms with Crippen molar-refractivity contribution in [2.24, 2.45) is 5.92 Å². The minimum Gasteiger partial charge on any atom is -0.497 e.